The molecule has 8 heteroatoms. The molecule has 0 saturated carbocycles. The number of nitrogens with zero attached hydrogens (tertiary/aromatic N) is 3. The third kappa shape index (κ3) is 4.91. The summed E-state index contributed by atoms with van der Waals surface area (Å²) in [6.45, 7) is 1.71. The highest BCUT2D eigenvalue weighted by molar-refractivity contribution is 5.84. The van der Waals surface area contributed by atoms with Gasteiger partial charge in [-0.1, -0.05) is 24.3 Å². The summed E-state index contributed by atoms with van der Waals surface area (Å²) in [7, 11) is 0. The van der Waals surface area contributed by atoms with Crippen molar-refractivity contribution >= 4 is 23.5 Å². The predicted molar refractivity (Wildman–Crippen MR) is 105 cm³/mol. The van der Waals surface area contributed by atoms with Crippen LogP contribution >= 0.6 is 0 Å². The summed E-state index contributed by atoms with van der Waals surface area (Å²) >= 11 is 0. The zero-order chi connectivity index (χ0) is 19.9. The summed E-state index contributed by atoms with van der Waals surface area (Å²) in [5, 5.41) is 14.8. The molecule has 1 N–H and O–H groups in total. The van der Waals surface area contributed by atoms with Crippen molar-refractivity contribution in [2.45, 2.75) is 25.7 Å². The number of para-hydroxylation sites is 1. The first-order valence-electron chi connectivity index (χ1n) is 9.13. The van der Waals surface area contributed by atoms with Crippen molar-refractivity contribution in [1.82, 2.24) is 5.43 Å². The molecule has 1 amide bonds. The van der Waals surface area contributed by atoms with Crippen molar-refractivity contribution in [3.63, 3.8) is 0 Å². The molecule has 28 heavy (non-hydrogen) atoms. The molecule has 2 aromatic carbocycles. The SMILES string of the molecule is O=C(Cc1ccccc1[N+](=O)[O-])NN=Cc1ccc(N2CCCCC2)c(F)c1. The summed E-state index contributed by atoms with van der Waals surface area (Å²) in [6.07, 6.45) is 4.48. The van der Waals surface area contributed by atoms with Crippen molar-refractivity contribution in [2.75, 3.05) is 18.0 Å². The zero-order valence-corrected chi connectivity index (χ0v) is 15.3. The monoisotopic (exact) mass is 384 g/mol. The molecule has 3 rings (SSSR count). The van der Waals surface area contributed by atoms with Crippen LogP contribution in [0.15, 0.2) is 47.6 Å². The number of hydrazone groups is 1. The summed E-state index contributed by atoms with van der Waals surface area (Å²) in [6, 6.07) is 10.9. The number of nitro groups is 1. The Bertz CT molecular complexity index is 895. The lowest BCUT2D eigenvalue weighted by molar-refractivity contribution is -0.385. The van der Waals surface area contributed by atoms with E-state index in [0.29, 0.717) is 16.8 Å². The molecule has 0 radical (unpaired) electrons. The first kappa shape index (κ1) is 19.5. The van der Waals surface area contributed by atoms with Crippen LogP contribution in [0.5, 0.6) is 0 Å². The molecule has 1 aliphatic rings. The number of carbonyl (C=O) groups excluding carboxylic acids is 1. The second-order valence-electron chi connectivity index (χ2n) is 6.61. The van der Waals surface area contributed by atoms with Crippen molar-refractivity contribution in [3.8, 4) is 0 Å². The van der Waals surface area contributed by atoms with Crippen molar-refractivity contribution < 1.29 is 14.1 Å². The Morgan fingerprint density at radius 1 is 1.21 bits per heavy atom. The molecule has 1 heterocycles. The Balaban J connectivity index is 1.59. The maximum absolute atomic E-state index is 14.4. The van der Waals surface area contributed by atoms with Gasteiger partial charge in [0.05, 0.1) is 23.2 Å². The average Bonchev–Trinajstić information content (AvgIpc) is 2.69. The summed E-state index contributed by atoms with van der Waals surface area (Å²) in [5.74, 6) is -0.812. The maximum Gasteiger partial charge on any atom is 0.273 e. The Hall–Kier alpha value is -3.29. The van der Waals surface area contributed by atoms with Gasteiger partial charge in [0.2, 0.25) is 5.91 Å². The van der Waals surface area contributed by atoms with Crippen LogP contribution in [0, 0.1) is 15.9 Å². The molecule has 0 unspecified atom stereocenters. The van der Waals surface area contributed by atoms with E-state index in [1.54, 1.807) is 24.3 Å². The van der Waals surface area contributed by atoms with E-state index in [-0.39, 0.29) is 17.9 Å². The van der Waals surface area contributed by atoms with Crippen molar-refractivity contribution in [1.29, 1.82) is 0 Å². The molecule has 1 saturated heterocycles. The lowest BCUT2D eigenvalue weighted by Crippen LogP contribution is -2.30. The van der Waals surface area contributed by atoms with Gasteiger partial charge in [-0.25, -0.2) is 9.82 Å². The number of nitro benzene ring substituents is 1. The Kier molecular flexibility index (Phi) is 6.31. The number of halogens is 1. The fourth-order valence-corrected chi connectivity index (χ4v) is 3.22. The van der Waals surface area contributed by atoms with Gasteiger partial charge in [0.25, 0.3) is 5.69 Å². The molecule has 0 bridgehead atoms. The normalized spacial score (nSPS) is 14.2. The van der Waals surface area contributed by atoms with Gasteiger partial charge in [-0.05, 0) is 37.0 Å². The number of hydrogen-bond donors (Lipinski definition) is 1. The Morgan fingerprint density at radius 2 is 1.96 bits per heavy atom. The number of anilines is 1. The van der Waals surface area contributed by atoms with Crippen LogP contribution in [0.4, 0.5) is 15.8 Å². The third-order valence-corrected chi connectivity index (χ3v) is 4.61. The summed E-state index contributed by atoms with van der Waals surface area (Å²) in [4.78, 5) is 24.5. The number of hydrogen-bond acceptors (Lipinski definition) is 5. The minimum atomic E-state index is -0.529. The average molecular weight is 384 g/mol. The number of amides is 1. The van der Waals surface area contributed by atoms with Gasteiger partial charge in [0.1, 0.15) is 5.82 Å². The molecule has 7 nitrogen and oxygen atoms in total. The van der Waals surface area contributed by atoms with Crippen LogP contribution in [0.3, 0.4) is 0 Å². The minimum absolute atomic E-state index is 0.114. The molecule has 0 aromatic heterocycles. The third-order valence-electron chi connectivity index (χ3n) is 4.61. The first-order chi connectivity index (χ1) is 13.5. The van der Waals surface area contributed by atoms with Crippen LogP contribution in [-0.4, -0.2) is 30.1 Å². The molecule has 0 aliphatic carbocycles. The first-order valence-corrected chi connectivity index (χ1v) is 9.13. The van der Waals surface area contributed by atoms with Crippen LogP contribution in [0.2, 0.25) is 0 Å². The highest BCUT2D eigenvalue weighted by atomic mass is 19.1. The van der Waals surface area contributed by atoms with E-state index in [9.17, 15) is 19.3 Å². The summed E-state index contributed by atoms with van der Waals surface area (Å²) in [5.41, 5.74) is 3.61. The zero-order valence-electron chi connectivity index (χ0n) is 15.3. The fraction of sp³-hybridized carbons (Fsp3) is 0.300. The largest absolute Gasteiger partial charge is 0.369 e. The molecule has 146 valence electrons. The predicted octanol–water partition coefficient (Wildman–Crippen LogP) is 3.42. The number of rotatable bonds is 6. The molecular formula is C20H21FN4O3. The second-order valence-corrected chi connectivity index (χ2v) is 6.61. The van der Waals surface area contributed by atoms with Crippen molar-refractivity contribution in [2.24, 2.45) is 5.10 Å². The van der Waals surface area contributed by atoms with Crippen LogP contribution in [-0.2, 0) is 11.2 Å². The molecule has 2 aromatic rings. The van der Waals surface area contributed by atoms with E-state index in [1.165, 1.54) is 30.8 Å². The van der Waals surface area contributed by atoms with Gasteiger partial charge in [0, 0.05) is 24.7 Å². The highest BCUT2D eigenvalue weighted by Crippen LogP contribution is 2.23. The van der Waals surface area contributed by atoms with Gasteiger partial charge in [0.15, 0.2) is 0 Å². The van der Waals surface area contributed by atoms with E-state index in [1.807, 2.05) is 4.90 Å². The van der Waals surface area contributed by atoms with E-state index in [4.69, 9.17) is 0 Å². The maximum atomic E-state index is 14.4. The number of benzene rings is 2. The van der Waals surface area contributed by atoms with Crippen LogP contribution in [0.25, 0.3) is 0 Å². The van der Waals surface area contributed by atoms with Crippen LogP contribution in [0.1, 0.15) is 30.4 Å². The van der Waals surface area contributed by atoms with E-state index in [2.05, 4.69) is 10.5 Å². The number of carbonyl (C=O) groups is 1. The molecule has 0 spiro atoms. The van der Waals surface area contributed by atoms with E-state index >= 15 is 0 Å². The van der Waals surface area contributed by atoms with Gasteiger partial charge in [-0.15, -0.1) is 0 Å². The van der Waals surface area contributed by atoms with Gasteiger partial charge >= 0.3 is 0 Å². The Morgan fingerprint density at radius 3 is 2.68 bits per heavy atom. The highest BCUT2D eigenvalue weighted by Gasteiger charge is 2.16. The Labute approximate surface area is 162 Å². The molecular weight excluding hydrogens is 363 g/mol. The molecule has 0 atom stereocenters. The number of piperidine rings is 1. The van der Waals surface area contributed by atoms with Gasteiger partial charge in [-0.3, -0.25) is 14.9 Å². The standard InChI is InChI=1S/C20H21FN4O3/c21-17-12-15(8-9-19(17)24-10-4-1-5-11-24)14-22-23-20(26)13-16-6-2-3-7-18(16)25(27)28/h2-3,6-9,12,14H,1,4-5,10-11,13H2,(H,23,26). The van der Waals surface area contributed by atoms with E-state index < -0.39 is 10.8 Å². The lowest BCUT2D eigenvalue weighted by Gasteiger charge is -2.29. The molecule has 1 fully saturated rings. The smallest absolute Gasteiger partial charge is 0.273 e. The van der Waals surface area contributed by atoms with Gasteiger partial charge in [-0.2, -0.15) is 5.10 Å². The second kappa shape index (κ2) is 9.07. The fourth-order valence-electron chi connectivity index (χ4n) is 3.22. The topological polar surface area (TPSA) is 87.8 Å². The van der Waals surface area contributed by atoms with Crippen LogP contribution < -0.4 is 10.3 Å². The quantitative estimate of drug-likeness (QED) is 0.470. The summed E-state index contributed by atoms with van der Waals surface area (Å²) < 4.78 is 14.4. The van der Waals surface area contributed by atoms with Gasteiger partial charge < -0.3 is 4.90 Å². The van der Waals surface area contributed by atoms with Crippen molar-refractivity contribution in [3.05, 3.63) is 69.5 Å². The molecule has 1 aliphatic heterocycles. The minimum Gasteiger partial charge on any atom is -0.369 e. The van der Waals surface area contributed by atoms with E-state index in [0.717, 1.165) is 25.9 Å². The number of nitrogens with one attached hydrogen (secondary N) is 1. The lowest BCUT2D eigenvalue weighted by atomic mass is 10.1.